The van der Waals surface area contributed by atoms with Gasteiger partial charge in [0.15, 0.2) is 0 Å². The molecule has 0 unspecified atom stereocenters. The number of nitrogens with zero attached hydrogens (tertiary/aromatic N) is 2. The van der Waals surface area contributed by atoms with Gasteiger partial charge in [0, 0.05) is 0 Å². The SMILES string of the molecule is Clc1ccc2nc3c4ccccc4[se]c3n2c1. The van der Waals surface area contributed by atoms with Crippen LogP contribution in [-0.2, 0) is 0 Å². The summed E-state index contributed by atoms with van der Waals surface area (Å²) in [6, 6.07) is 12.4. The van der Waals surface area contributed by atoms with E-state index < -0.39 is 0 Å². The zero-order valence-corrected chi connectivity index (χ0v) is 11.2. The second kappa shape index (κ2) is 3.36. The first-order valence-electron chi connectivity index (χ1n) is 5.28. The summed E-state index contributed by atoms with van der Waals surface area (Å²) in [5, 5.41) is 2.03. The summed E-state index contributed by atoms with van der Waals surface area (Å²) in [5.41, 5.74) is 2.11. The van der Waals surface area contributed by atoms with Crippen LogP contribution in [0.25, 0.3) is 25.2 Å². The molecular weight excluding hydrogens is 299 g/mol. The third-order valence-corrected chi connectivity index (χ3v) is 5.54. The molecule has 0 fully saturated rings. The van der Waals surface area contributed by atoms with E-state index in [9.17, 15) is 0 Å². The Morgan fingerprint density at radius 2 is 2.00 bits per heavy atom. The molecule has 2 nitrogen and oxygen atoms in total. The van der Waals surface area contributed by atoms with Crippen molar-refractivity contribution in [3.8, 4) is 0 Å². The second-order valence-corrected chi connectivity index (χ2v) is 6.54. The molecule has 3 aromatic heterocycles. The van der Waals surface area contributed by atoms with E-state index in [1.165, 1.54) is 14.0 Å². The number of rotatable bonds is 0. The zero-order valence-electron chi connectivity index (χ0n) is 8.72. The molecule has 4 heteroatoms. The molecule has 1 aromatic carbocycles. The zero-order chi connectivity index (χ0) is 11.4. The molecule has 0 atom stereocenters. The Morgan fingerprint density at radius 1 is 1.12 bits per heavy atom. The third-order valence-electron chi connectivity index (χ3n) is 2.89. The summed E-state index contributed by atoms with van der Waals surface area (Å²) in [7, 11) is 0. The maximum absolute atomic E-state index is 6.05. The van der Waals surface area contributed by atoms with Crippen LogP contribution in [-0.4, -0.2) is 23.9 Å². The van der Waals surface area contributed by atoms with Crippen molar-refractivity contribution in [2.45, 2.75) is 0 Å². The number of hydrogen-bond donors (Lipinski definition) is 0. The van der Waals surface area contributed by atoms with Crippen molar-refractivity contribution >= 4 is 51.3 Å². The van der Waals surface area contributed by atoms with Gasteiger partial charge in [-0.15, -0.1) is 0 Å². The van der Waals surface area contributed by atoms with Crippen LogP contribution in [0.1, 0.15) is 0 Å². The van der Waals surface area contributed by atoms with Crippen molar-refractivity contribution in [2.24, 2.45) is 0 Å². The van der Waals surface area contributed by atoms with Gasteiger partial charge in [0.05, 0.1) is 0 Å². The number of benzene rings is 1. The Hall–Kier alpha value is -1.28. The van der Waals surface area contributed by atoms with Crippen LogP contribution in [0.15, 0.2) is 42.6 Å². The summed E-state index contributed by atoms with van der Waals surface area (Å²) < 4.78 is 4.83. The van der Waals surface area contributed by atoms with Gasteiger partial charge in [0.2, 0.25) is 0 Å². The molecule has 17 heavy (non-hydrogen) atoms. The van der Waals surface area contributed by atoms with Crippen LogP contribution in [0.2, 0.25) is 5.02 Å². The predicted molar refractivity (Wildman–Crippen MR) is 72.2 cm³/mol. The molecule has 0 amide bonds. The molecule has 0 saturated carbocycles. The van der Waals surface area contributed by atoms with Crippen LogP contribution < -0.4 is 0 Å². The van der Waals surface area contributed by atoms with E-state index in [4.69, 9.17) is 16.6 Å². The predicted octanol–water partition coefficient (Wildman–Crippen LogP) is 3.35. The van der Waals surface area contributed by atoms with E-state index in [0.717, 1.165) is 16.2 Å². The molecule has 0 aliphatic rings. The fourth-order valence-corrected chi connectivity index (χ4v) is 4.65. The molecule has 3 heterocycles. The summed E-state index contributed by atoms with van der Waals surface area (Å²) in [6.45, 7) is 0. The fourth-order valence-electron chi connectivity index (χ4n) is 2.13. The standard InChI is InChI=1S/C13H7ClN2Se/c14-8-5-6-11-15-12-9-3-1-2-4-10(9)17-13(12)16(11)7-8/h1-7H. The first-order chi connectivity index (χ1) is 8.33. The second-order valence-electron chi connectivity index (χ2n) is 3.94. The van der Waals surface area contributed by atoms with Crippen LogP contribution in [0.3, 0.4) is 0 Å². The van der Waals surface area contributed by atoms with Crippen LogP contribution in [0.4, 0.5) is 0 Å². The van der Waals surface area contributed by atoms with Crippen molar-refractivity contribution < 1.29 is 0 Å². The molecule has 4 aromatic rings. The van der Waals surface area contributed by atoms with Gasteiger partial charge in [0.1, 0.15) is 0 Å². The van der Waals surface area contributed by atoms with Crippen molar-refractivity contribution in [3.63, 3.8) is 0 Å². The molecule has 0 N–H and O–H groups in total. The summed E-state index contributed by atoms with van der Waals surface area (Å²) in [5.74, 6) is 0. The number of halogens is 1. The maximum atomic E-state index is 6.05. The summed E-state index contributed by atoms with van der Waals surface area (Å²) in [4.78, 5) is 4.70. The first-order valence-corrected chi connectivity index (χ1v) is 7.37. The molecule has 82 valence electrons. The third kappa shape index (κ3) is 1.30. The van der Waals surface area contributed by atoms with Crippen molar-refractivity contribution in [3.05, 3.63) is 47.6 Å². The van der Waals surface area contributed by atoms with Crippen LogP contribution in [0, 0.1) is 0 Å². The number of pyridine rings is 1. The molecular formula is C13H7ClN2Se. The van der Waals surface area contributed by atoms with Crippen LogP contribution >= 0.6 is 11.6 Å². The summed E-state index contributed by atoms with van der Waals surface area (Å²) >= 11 is 6.38. The van der Waals surface area contributed by atoms with Crippen molar-refractivity contribution in [1.29, 1.82) is 0 Å². The van der Waals surface area contributed by atoms with Gasteiger partial charge < -0.3 is 0 Å². The molecule has 0 radical (unpaired) electrons. The number of fused-ring (bicyclic) bond motifs is 5. The fraction of sp³-hybridized carbons (Fsp3) is 0. The normalized spacial score (nSPS) is 11.8. The van der Waals surface area contributed by atoms with E-state index in [-0.39, 0.29) is 0 Å². The number of aromatic nitrogens is 2. The molecule has 0 saturated heterocycles. The molecule has 0 bridgehead atoms. The van der Waals surface area contributed by atoms with Crippen molar-refractivity contribution in [2.75, 3.05) is 0 Å². The van der Waals surface area contributed by atoms with Gasteiger partial charge >= 0.3 is 108 Å². The first kappa shape index (κ1) is 9.72. The van der Waals surface area contributed by atoms with Gasteiger partial charge in [-0.1, -0.05) is 0 Å². The average Bonchev–Trinajstić information content (AvgIpc) is 2.85. The Bertz CT molecular complexity index is 860. The Kier molecular flexibility index (Phi) is 1.92. The van der Waals surface area contributed by atoms with E-state index in [0.29, 0.717) is 14.5 Å². The molecule has 0 aliphatic carbocycles. The minimum absolute atomic E-state index is 0.329. The van der Waals surface area contributed by atoms with Gasteiger partial charge in [-0.05, 0) is 0 Å². The van der Waals surface area contributed by atoms with Gasteiger partial charge in [0.25, 0.3) is 0 Å². The molecule has 4 rings (SSSR count). The Balaban J connectivity index is 2.30. The monoisotopic (exact) mass is 306 g/mol. The van der Waals surface area contributed by atoms with Gasteiger partial charge in [-0.3, -0.25) is 0 Å². The average molecular weight is 306 g/mol. The van der Waals surface area contributed by atoms with Crippen LogP contribution in [0.5, 0.6) is 0 Å². The van der Waals surface area contributed by atoms with Crippen molar-refractivity contribution in [1.82, 2.24) is 9.38 Å². The number of imidazole rings is 1. The summed E-state index contributed by atoms with van der Waals surface area (Å²) in [6.07, 6.45) is 1.95. The van der Waals surface area contributed by atoms with E-state index in [2.05, 4.69) is 28.7 Å². The van der Waals surface area contributed by atoms with Gasteiger partial charge in [-0.25, -0.2) is 0 Å². The Labute approximate surface area is 108 Å². The van der Waals surface area contributed by atoms with E-state index in [1.807, 2.05) is 18.3 Å². The van der Waals surface area contributed by atoms with E-state index >= 15 is 0 Å². The van der Waals surface area contributed by atoms with Gasteiger partial charge in [-0.2, -0.15) is 0 Å². The molecule has 0 aliphatic heterocycles. The topological polar surface area (TPSA) is 17.3 Å². The Morgan fingerprint density at radius 3 is 2.94 bits per heavy atom. The number of hydrogen-bond acceptors (Lipinski definition) is 1. The van der Waals surface area contributed by atoms with E-state index in [1.54, 1.807) is 0 Å². The quantitative estimate of drug-likeness (QED) is 0.455. The molecule has 0 spiro atoms. The minimum atomic E-state index is 0.329.